The van der Waals surface area contributed by atoms with Crippen molar-refractivity contribution in [1.82, 2.24) is 9.36 Å². The zero-order chi connectivity index (χ0) is 12.4. The van der Waals surface area contributed by atoms with E-state index in [-0.39, 0.29) is 12.5 Å². The van der Waals surface area contributed by atoms with E-state index >= 15 is 0 Å². The van der Waals surface area contributed by atoms with Crippen molar-refractivity contribution < 1.29 is 9.90 Å². The van der Waals surface area contributed by atoms with Gasteiger partial charge in [0.15, 0.2) is 0 Å². The second-order valence-corrected chi connectivity index (χ2v) is 5.41. The molecule has 1 unspecified atom stereocenters. The van der Waals surface area contributed by atoms with E-state index in [9.17, 15) is 4.79 Å². The van der Waals surface area contributed by atoms with Gasteiger partial charge in [0.25, 0.3) is 0 Å². The minimum absolute atomic E-state index is 0.0838. The Labute approximate surface area is 105 Å². The summed E-state index contributed by atoms with van der Waals surface area (Å²) in [6.07, 6.45) is 2.16. The Bertz CT molecular complexity index is 405. The minimum atomic E-state index is -0.740. The number of aromatic nitrogens is 2. The third-order valence-electron chi connectivity index (χ3n) is 2.98. The molecule has 0 bridgehead atoms. The molecular formula is C11H17N3O2S. The van der Waals surface area contributed by atoms with E-state index in [2.05, 4.69) is 28.1 Å². The Morgan fingerprint density at radius 1 is 1.65 bits per heavy atom. The van der Waals surface area contributed by atoms with Crippen molar-refractivity contribution in [3.05, 3.63) is 5.82 Å². The summed E-state index contributed by atoms with van der Waals surface area (Å²) in [5.74, 6) is 0.432. The van der Waals surface area contributed by atoms with Crippen LogP contribution in [0.15, 0.2) is 0 Å². The number of hydrogen-bond donors (Lipinski definition) is 1. The van der Waals surface area contributed by atoms with Crippen molar-refractivity contribution in [3.8, 4) is 0 Å². The van der Waals surface area contributed by atoms with Gasteiger partial charge in [0, 0.05) is 30.0 Å². The molecule has 1 atom stereocenters. The zero-order valence-corrected chi connectivity index (χ0v) is 10.9. The summed E-state index contributed by atoms with van der Waals surface area (Å²) >= 11 is 1.38. The number of hydrogen-bond acceptors (Lipinski definition) is 5. The predicted octanol–water partition coefficient (Wildman–Crippen LogP) is 2.10. The minimum Gasteiger partial charge on any atom is -0.481 e. The van der Waals surface area contributed by atoms with E-state index < -0.39 is 5.97 Å². The van der Waals surface area contributed by atoms with Crippen LogP contribution in [-0.2, 0) is 4.79 Å². The molecule has 1 aromatic heterocycles. The monoisotopic (exact) mass is 255 g/mol. The first-order valence-corrected chi connectivity index (χ1v) is 6.67. The van der Waals surface area contributed by atoms with E-state index in [4.69, 9.17) is 5.11 Å². The average molecular weight is 255 g/mol. The molecule has 6 heteroatoms. The number of nitrogens with zero attached hydrogens (tertiary/aromatic N) is 3. The number of anilines is 1. The first-order valence-electron chi connectivity index (χ1n) is 5.90. The Morgan fingerprint density at radius 3 is 3.00 bits per heavy atom. The SMILES string of the molecule is CC(C)c1nsc(N2CCCC2CC(=O)O)n1. The smallest absolute Gasteiger partial charge is 0.305 e. The second-order valence-electron chi connectivity index (χ2n) is 4.68. The maximum absolute atomic E-state index is 10.8. The quantitative estimate of drug-likeness (QED) is 0.892. The van der Waals surface area contributed by atoms with Crippen LogP contribution >= 0.6 is 11.5 Å². The first kappa shape index (κ1) is 12.3. The highest BCUT2D eigenvalue weighted by Crippen LogP contribution is 2.29. The van der Waals surface area contributed by atoms with Crippen LogP contribution in [0.4, 0.5) is 5.13 Å². The van der Waals surface area contributed by atoms with Crippen molar-refractivity contribution in [2.45, 2.75) is 45.1 Å². The van der Waals surface area contributed by atoms with Gasteiger partial charge in [-0.2, -0.15) is 4.37 Å². The van der Waals surface area contributed by atoms with Crippen LogP contribution in [0.2, 0.25) is 0 Å². The predicted molar refractivity (Wildman–Crippen MR) is 66.6 cm³/mol. The number of carbonyl (C=O) groups is 1. The highest BCUT2D eigenvalue weighted by atomic mass is 32.1. The maximum atomic E-state index is 10.8. The molecule has 1 aromatic rings. The molecule has 0 aromatic carbocycles. The molecular weight excluding hydrogens is 238 g/mol. The molecule has 1 aliphatic rings. The van der Waals surface area contributed by atoms with Gasteiger partial charge in [0.1, 0.15) is 5.82 Å². The van der Waals surface area contributed by atoms with Gasteiger partial charge in [0.05, 0.1) is 6.42 Å². The number of carboxylic acid groups (broad SMARTS) is 1. The van der Waals surface area contributed by atoms with Crippen LogP contribution < -0.4 is 4.90 Å². The molecule has 17 heavy (non-hydrogen) atoms. The van der Waals surface area contributed by atoms with Gasteiger partial charge in [-0.25, -0.2) is 4.98 Å². The molecule has 1 fully saturated rings. The van der Waals surface area contributed by atoms with Crippen LogP contribution in [-0.4, -0.2) is 33.0 Å². The number of aliphatic carboxylic acids is 1. The highest BCUT2D eigenvalue weighted by molar-refractivity contribution is 7.09. The number of rotatable bonds is 4. The molecule has 1 saturated heterocycles. The van der Waals surface area contributed by atoms with Crippen LogP contribution in [0.1, 0.15) is 44.9 Å². The largest absolute Gasteiger partial charge is 0.481 e. The lowest BCUT2D eigenvalue weighted by atomic mass is 10.1. The van der Waals surface area contributed by atoms with Gasteiger partial charge < -0.3 is 10.0 Å². The third kappa shape index (κ3) is 2.74. The van der Waals surface area contributed by atoms with E-state index in [0.29, 0.717) is 5.92 Å². The molecule has 1 N–H and O–H groups in total. The topological polar surface area (TPSA) is 66.3 Å². The normalized spacial score (nSPS) is 20.2. The standard InChI is InChI=1S/C11H17N3O2S/c1-7(2)10-12-11(17-13-10)14-5-3-4-8(14)6-9(15)16/h7-8H,3-6H2,1-2H3,(H,15,16). The van der Waals surface area contributed by atoms with E-state index in [0.717, 1.165) is 30.3 Å². The highest BCUT2D eigenvalue weighted by Gasteiger charge is 2.29. The number of carboxylic acids is 1. The summed E-state index contributed by atoms with van der Waals surface area (Å²) in [6.45, 7) is 5.01. The molecule has 2 rings (SSSR count). The van der Waals surface area contributed by atoms with Gasteiger partial charge in [0.2, 0.25) is 5.13 Å². The van der Waals surface area contributed by atoms with Gasteiger partial charge in [-0.05, 0) is 12.8 Å². The summed E-state index contributed by atoms with van der Waals surface area (Å²) < 4.78 is 4.32. The Hall–Kier alpha value is -1.17. The molecule has 5 nitrogen and oxygen atoms in total. The maximum Gasteiger partial charge on any atom is 0.305 e. The van der Waals surface area contributed by atoms with E-state index in [1.165, 1.54) is 11.5 Å². The fourth-order valence-corrected chi connectivity index (χ4v) is 2.99. The van der Waals surface area contributed by atoms with Crippen LogP contribution in [0.3, 0.4) is 0 Å². The van der Waals surface area contributed by atoms with Gasteiger partial charge in [-0.15, -0.1) is 0 Å². The summed E-state index contributed by atoms with van der Waals surface area (Å²) in [5, 5.41) is 9.75. The fraction of sp³-hybridized carbons (Fsp3) is 0.727. The summed E-state index contributed by atoms with van der Waals surface area (Å²) in [5.41, 5.74) is 0. The van der Waals surface area contributed by atoms with Crippen molar-refractivity contribution in [1.29, 1.82) is 0 Å². The van der Waals surface area contributed by atoms with Crippen molar-refractivity contribution in [3.63, 3.8) is 0 Å². The molecule has 0 aliphatic carbocycles. The van der Waals surface area contributed by atoms with Crippen molar-refractivity contribution in [2.24, 2.45) is 0 Å². The van der Waals surface area contributed by atoms with Gasteiger partial charge >= 0.3 is 5.97 Å². The summed E-state index contributed by atoms with van der Waals surface area (Å²) in [4.78, 5) is 17.4. The van der Waals surface area contributed by atoms with E-state index in [1.807, 2.05) is 0 Å². The average Bonchev–Trinajstić information content (AvgIpc) is 2.83. The third-order valence-corrected chi connectivity index (χ3v) is 3.75. The lowest BCUT2D eigenvalue weighted by molar-refractivity contribution is -0.137. The van der Waals surface area contributed by atoms with Crippen molar-refractivity contribution >= 4 is 22.6 Å². The molecule has 0 amide bonds. The Balaban J connectivity index is 2.11. The summed E-state index contributed by atoms with van der Waals surface area (Å²) in [7, 11) is 0. The Morgan fingerprint density at radius 2 is 2.41 bits per heavy atom. The van der Waals surface area contributed by atoms with Crippen molar-refractivity contribution in [2.75, 3.05) is 11.4 Å². The van der Waals surface area contributed by atoms with E-state index in [1.54, 1.807) is 0 Å². The summed E-state index contributed by atoms with van der Waals surface area (Å²) in [6, 6.07) is 0.0838. The zero-order valence-electron chi connectivity index (χ0n) is 10.1. The van der Waals surface area contributed by atoms with Crippen LogP contribution in [0.5, 0.6) is 0 Å². The lowest BCUT2D eigenvalue weighted by Gasteiger charge is -2.21. The molecule has 0 saturated carbocycles. The molecule has 0 radical (unpaired) electrons. The van der Waals surface area contributed by atoms with Gasteiger partial charge in [-0.3, -0.25) is 4.79 Å². The second kappa shape index (κ2) is 5.00. The molecule has 1 aliphatic heterocycles. The lowest BCUT2D eigenvalue weighted by Crippen LogP contribution is -2.31. The van der Waals surface area contributed by atoms with Crippen LogP contribution in [0, 0.1) is 0 Å². The molecule has 94 valence electrons. The molecule has 0 spiro atoms. The Kier molecular flexibility index (Phi) is 3.61. The van der Waals surface area contributed by atoms with Gasteiger partial charge in [-0.1, -0.05) is 13.8 Å². The first-order chi connectivity index (χ1) is 8.08. The van der Waals surface area contributed by atoms with Crippen LogP contribution in [0.25, 0.3) is 0 Å². The fourth-order valence-electron chi connectivity index (χ4n) is 2.08. The molecule has 2 heterocycles.